The van der Waals surface area contributed by atoms with Crippen LogP contribution in [0.4, 0.5) is 11.5 Å². The zero-order valence-corrected chi connectivity index (χ0v) is 20.3. The SMILES string of the molecule is Oc1cccc(-c2nc(N3CCOCC3)c3ncc(CN4CCN(c5ccccc5)CC4)cc3n2)c1. The number of anilines is 2. The molecule has 0 unspecified atom stereocenters. The molecule has 4 aromatic rings. The maximum atomic E-state index is 10.0. The highest BCUT2D eigenvalue weighted by atomic mass is 16.5. The fraction of sp³-hybridized carbons (Fsp3) is 0.321. The molecule has 2 aliphatic rings. The lowest BCUT2D eigenvalue weighted by atomic mass is 10.1. The molecule has 2 saturated heterocycles. The van der Waals surface area contributed by atoms with E-state index in [4.69, 9.17) is 19.7 Å². The van der Waals surface area contributed by atoms with Crippen molar-refractivity contribution < 1.29 is 9.84 Å². The van der Waals surface area contributed by atoms with Crippen LogP contribution in [0, 0.1) is 0 Å². The molecular formula is C28H30N6O2. The minimum absolute atomic E-state index is 0.200. The summed E-state index contributed by atoms with van der Waals surface area (Å²) in [5, 5.41) is 10.0. The van der Waals surface area contributed by atoms with Gasteiger partial charge < -0.3 is 19.6 Å². The van der Waals surface area contributed by atoms with E-state index in [1.165, 1.54) is 5.69 Å². The normalized spacial score (nSPS) is 17.0. The second-order valence-electron chi connectivity index (χ2n) is 9.33. The van der Waals surface area contributed by atoms with E-state index >= 15 is 0 Å². The molecule has 184 valence electrons. The molecule has 0 saturated carbocycles. The van der Waals surface area contributed by atoms with Crippen molar-refractivity contribution in [2.45, 2.75) is 6.54 Å². The molecule has 2 fully saturated rings. The lowest BCUT2D eigenvalue weighted by molar-refractivity contribution is 0.122. The third-order valence-corrected chi connectivity index (χ3v) is 6.89. The summed E-state index contributed by atoms with van der Waals surface area (Å²) in [6.45, 7) is 7.73. The number of ether oxygens (including phenoxy) is 1. The second-order valence-corrected chi connectivity index (χ2v) is 9.33. The Kier molecular flexibility index (Phi) is 6.36. The number of hydrogen-bond donors (Lipinski definition) is 1. The van der Waals surface area contributed by atoms with Crippen molar-refractivity contribution in [3.8, 4) is 17.1 Å². The van der Waals surface area contributed by atoms with E-state index in [0.717, 1.165) is 73.8 Å². The molecule has 0 spiro atoms. The lowest BCUT2D eigenvalue weighted by Gasteiger charge is -2.36. The third-order valence-electron chi connectivity index (χ3n) is 6.89. The summed E-state index contributed by atoms with van der Waals surface area (Å²) < 4.78 is 5.56. The minimum atomic E-state index is 0.200. The summed E-state index contributed by atoms with van der Waals surface area (Å²) in [5.74, 6) is 1.62. The number of para-hydroxylation sites is 1. The largest absolute Gasteiger partial charge is 0.508 e. The first kappa shape index (κ1) is 22.7. The summed E-state index contributed by atoms with van der Waals surface area (Å²) in [6, 6.07) is 19.9. The molecule has 6 rings (SSSR count). The van der Waals surface area contributed by atoms with E-state index in [2.05, 4.69) is 51.1 Å². The summed E-state index contributed by atoms with van der Waals surface area (Å²) in [7, 11) is 0. The fourth-order valence-electron chi connectivity index (χ4n) is 4.96. The second kappa shape index (κ2) is 10.1. The predicted octanol–water partition coefficient (Wildman–Crippen LogP) is 3.56. The van der Waals surface area contributed by atoms with Gasteiger partial charge >= 0.3 is 0 Å². The maximum Gasteiger partial charge on any atom is 0.162 e. The highest BCUT2D eigenvalue weighted by Crippen LogP contribution is 2.29. The predicted molar refractivity (Wildman–Crippen MR) is 141 cm³/mol. The Hall–Kier alpha value is -3.75. The first-order chi connectivity index (χ1) is 17.7. The number of phenols is 1. The summed E-state index contributed by atoms with van der Waals surface area (Å²) in [4.78, 5) is 21.7. The number of phenolic OH excluding ortho intramolecular Hbond substituents is 1. The van der Waals surface area contributed by atoms with Crippen LogP contribution >= 0.6 is 0 Å². The molecule has 0 amide bonds. The number of hydrogen-bond acceptors (Lipinski definition) is 8. The Labute approximate surface area is 210 Å². The van der Waals surface area contributed by atoms with Crippen molar-refractivity contribution >= 4 is 22.5 Å². The quantitative estimate of drug-likeness (QED) is 0.463. The molecule has 0 atom stereocenters. The van der Waals surface area contributed by atoms with E-state index in [-0.39, 0.29) is 5.75 Å². The number of morpholine rings is 1. The van der Waals surface area contributed by atoms with Gasteiger partial charge in [0.05, 0.1) is 18.7 Å². The van der Waals surface area contributed by atoms with Gasteiger partial charge in [-0.25, -0.2) is 9.97 Å². The molecule has 0 radical (unpaired) electrons. The van der Waals surface area contributed by atoms with E-state index < -0.39 is 0 Å². The number of piperazine rings is 1. The van der Waals surface area contributed by atoms with Crippen LogP contribution in [-0.2, 0) is 11.3 Å². The molecule has 36 heavy (non-hydrogen) atoms. The topological polar surface area (TPSA) is 77.9 Å². The zero-order chi connectivity index (χ0) is 24.3. The van der Waals surface area contributed by atoms with Crippen molar-refractivity contribution in [1.82, 2.24) is 19.9 Å². The number of aromatic nitrogens is 3. The van der Waals surface area contributed by atoms with Gasteiger partial charge in [-0.3, -0.25) is 9.88 Å². The molecule has 0 aliphatic carbocycles. The van der Waals surface area contributed by atoms with Crippen molar-refractivity contribution in [3.05, 3.63) is 72.4 Å². The third kappa shape index (κ3) is 4.82. The Balaban J connectivity index is 1.27. The van der Waals surface area contributed by atoms with E-state index in [9.17, 15) is 5.11 Å². The molecule has 2 aliphatic heterocycles. The average Bonchev–Trinajstić information content (AvgIpc) is 2.94. The fourth-order valence-corrected chi connectivity index (χ4v) is 4.96. The van der Waals surface area contributed by atoms with Crippen LogP contribution in [0.25, 0.3) is 22.4 Å². The summed E-state index contributed by atoms with van der Waals surface area (Å²) in [6.07, 6.45) is 1.97. The molecule has 8 heteroatoms. The molecule has 4 heterocycles. The summed E-state index contributed by atoms with van der Waals surface area (Å²) >= 11 is 0. The van der Waals surface area contributed by atoms with Crippen LogP contribution in [0.3, 0.4) is 0 Å². The minimum Gasteiger partial charge on any atom is -0.508 e. The Morgan fingerprint density at radius 1 is 0.806 bits per heavy atom. The molecule has 2 aromatic carbocycles. The first-order valence-electron chi connectivity index (χ1n) is 12.5. The van der Waals surface area contributed by atoms with E-state index in [1.807, 2.05) is 18.3 Å². The maximum absolute atomic E-state index is 10.0. The van der Waals surface area contributed by atoms with E-state index in [0.29, 0.717) is 19.0 Å². The average molecular weight is 483 g/mol. The van der Waals surface area contributed by atoms with E-state index in [1.54, 1.807) is 12.1 Å². The number of aromatic hydroxyl groups is 1. The molecule has 2 aromatic heterocycles. The van der Waals surface area contributed by atoms with Gasteiger partial charge in [-0.1, -0.05) is 30.3 Å². The van der Waals surface area contributed by atoms with Gasteiger partial charge in [-0.05, 0) is 35.9 Å². The Morgan fingerprint density at radius 3 is 2.39 bits per heavy atom. The number of rotatable bonds is 5. The van der Waals surface area contributed by atoms with Gasteiger partial charge in [-0.2, -0.15) is 0 Å². The van der Waals surface area contributed by atoms with Gasteiger partial charge in [0.2, 0.25) is 0 Å². The van der Waals surface area contributed by atoms with Crippen molar-refractivity contribution in [2.24, 2.45) is 0 Å². The Morgan fingerprint density at radius 2 is 1.61 bits per heavy atom. The van der Waals surface area contributed by atoms with Gasteiger partial charge in [0.1, 0.15) is 11.3 Å². The Bertz CT molecular complexity index is 1330. The molecule has 8 nitrogen and oxygen atoms in total. The highest BCUT2D eigenvalue weighted by Gasteiger charge is 2.21. The monoisotopic (exact) mass is 482 g/mol. The van der Waals surface area contributed by atoms with Crippen LogP contribution < -0.4 is 9.80 Å². The number of nitrogens with zero attached hydrogens (tertiary/aromatic N) is 6. The number of benzene rings is 2. The van der Waals surface area contributed by atoms with Crippen molar-refractivity contribution in [1.29, 1.82) is 0 Å². The van der Waals surface area contributed by atoms with Crippen LogP contribution in [-0.4, -0.2) is 77.4 Å². The smallest absolute Gasteiger partial charge is 0.162 e. The van der Waals surface area contributed by atoms with Crippen LogP contribution in [0.1, 0.15) is 5.56 Å². The lowest BCUT2D eigenvalue weighted by Crippen LogP contribution is -2.45. The van der Waals surface area contributed by atoms with Crippen molar-refractivity contribution in [3.63, 3.8) is 0 Å². The van der Waals surface area contributed by atoms with Gasteiger partial charge in [0, 0.05) is 63.3 Å². The molecule has 1 N–H and O–H groups in total. The molecular weight excluding hydrogens is 452 g/mol. The number of fused-ring (bicyclic) bond motifs is 1. The number of pyridine rings is 1. The van der Waals surface area contributed by atoms with Gasteiger partial charge in [-0.15, -0.1) is 0 Å². The van der Waals surface area contributed by atoms with Crippen LogP contribution in [0.15, 0.2) is 66.9 Å². The van der Waals surface area contributed by atoms with Gasteiger partial charge in [0.15, 0.2) is 11.6 Å². The van der Waals surface area contributed by atoms with Crippen LogP contribution in [0.2, 0.25) is 0 Å². The van der Waals surface area contributed by atoms with Crippen LogP contribution in [0.5, 0.6) is 5.75 Å². The van der Waals surface area contributed by atoms with Gasteiger partial charge in [0.25, 0.3) is 0 Å². The molecule has 0 bridgehead atoms. The van der Waals surface area contributed by atoms with Crippen molar-refractivity contribution in [2.75, 3.05) is 62.3 Å². The highest BCUT2D eigenvalue weighted by molar-refractivity contribution is 5.88. The zero-order valence-electron chi connectivity index (χ0n) is 20.3. The summed E-state index contributed by atoms with van der Waals surface area (Å²) in [5.41, 5.74) is 4.85. The first-order valence-corrected chi connectivity index (χ1v) is 12.5. The standard InChI is InChI=1S/C28H30N6O2/c35-24-8-4-5-22(18-24)27-30-25-17-21(19-29-26(25)28(31-27)34-13-15-36-16-14-34)20-32-9-11-33(12-10-32)23-6-2-1-3-7-23/h1-8,17-19,35H,9-16,20H2.